The molecule has 2 aromatic carbocycles. The molecule has 1 heterocycles. The molecule has 0 bridgehead atoms. The summed E-state index contributed by atoms with van der Waals surface area (Å²) in [4.78, 5) is 4.63. The van der Waals surface area contributed by atoms with Gasteiger partial charge in [-0.05, 0) is 62.7 Å². The van der Waals surface area contributed by atoms with Gasteiger partial charge in [0.25, 0.3) is 0 Å². The van der Waals surface area contributed by atoms with Gasteiger partial charge >= 0.3 is 0 Å². The number of aromatic nitrogens is 1. The second kappa shape index (κ2) is 6.32. The van der Waals surface area contributed by atoms with Crippen LogP contribution in [-0.2, 0) is 0 Å². The number of rotatable bonds is 2. The minimum atomic E-state index is -0.233. The highest BCUT2D eigenvalue weighted by molar-refractivity contribution is 5.95. The van der Waals surface area contributed by atoms with Crippen LogP contribution in [0.5, 0.6) is 0 Å². The Balaban J connectivity index is 0.00000176. The number of anilines is 2. The van der Waals surface area contributed by atoms with Crippen molar-refractivity contribution in [1.29, 1.82) is 0 Å². The average Bonchev–Trinajstić information content (AvgIpc) is 2.43. The van der Waals surface area contributed by atoms with Crippen molar-refractivity contribution in [3.05, 3.63) is 65.1 Å². The van der Waals surface area contributed by atoms with Crippen LogP contribution in [0.25, 0.3) is 10.9 Å². The van der Waals surface area contributed by atoms with Crippen molar-refractivity contribution >= 4 is 22.3 Å². The number of halogens is 2. The highest BCUT2D eigenvalue weighted by atomic mass is 35.5. The highest BCUT2D eigenvalue weighted by Crippen LogP contribution is 2.29. The molecule has 0 aliphatic heterocycles. The van der Waals surface area contributed by atoms with Gasteiger partial charge in [-0.3, -0.25) is 4.98 Å². The Labute approximate surface area is 135 Å². The van der Waals surface area contributed by atoms with Gasteiger partial charge in [-0.25, -0.2) is 4.39 Å². The van der Waals surface area contributed by atoms with Gasteiger partial charge in [0, 0.05) is 22.5 Å². The number of nitrogens with one attached hydrogen (secondary N) is 1. The third-order valence-electron chi connectivity index (χ3n) is 3.50. The summed E-state index contributed by atoms with van der Waals surface area (Å²) in [7, 11) is 0. The molecular weight excluding hydrogens is 299 g/mol. The molecule has 0 fully saturated rings. The Morgan fingerprint density at radius 3 is 2.32 bits per heavy atom. The van der Waals surface area contributed by atoms with Crippen LogP contribution in [0.3, 0.4) is 0 Å². The lowest BCUT2D eigenvalue weighted by Gasteiger charge is -2.13. The SMILES string of the molecule is Cc1cc(C)c2nc(C)cc(Nc3ccc(F)cc3)c2c1.[Cl-]. The van der Waals surface area contributed by atoms with Crippen LogP contribution in [0.4, 0.5) is 15.8 Å². The molecule has 0 amide bonds. The predicted molar refractivity (Wildman–Crippen MR) is 85.6 cm³/mol. The van der Waals surface area contributed by atoms with E-state index in [0.717, 1.165) is 33.5 Å². The fraction of sp³-hybridized carbons (Fsp3) is 0.167. The topological polar surface area (TPSA) is 24.9 Å². The zero-order valence-electron chi connectivity index (χ0n) is 12.7. The van der Waals surface area contributed by atoms with Crippen molar-refractivity contribution in [3.8, 4) is 0 Å². The van der Waals surface area contributed by atoms with Crippen LogP contribution in [-0.4, -0.2) is 4.98 Å². The first kappa shape index (κ1) is 16.2. The average molecular weight is 316 g/mol. The fourth-order valence-electron chi connectivity index (χ4n) is 2.60. The normalized spacial score (nSPS) is 10.4. The maximum Gasteiger partial charge on any atom is 0.123 e. The lowest BCUT2D eigenvalue weighted by atomic mass is 10.0. The lowest BCUT2D eigenvalue weighted by molar-refractivity contribution is -0.00000507. The molecule has 0 spiro atoms. The number of hydrogen-bond acceptors (Lipinski definition) is 2. The summed E-state index contributed by atoms with van der Waals surface area (Å²) < 4.78 is 13.0. The van der Waals surface area contributed by atoms with Gasteiger partial charge in [0.05, 0.1) is 5.52 Å². The van der Waals surface area contributed by atoms with Crippen molar-refractivity contribution in [2.75, 3.05) is 5.32 Å². The maximum absolute atomic E-state index is 13.0. The third kappa shape index (κ3) is 3.20. The standard InChI is InChI=1S/C18H17FN2.ClH/c1-11-8-12(2)18-16(9-11)17(10-13(3)20-18)21-15-6-4-14(19)5-7-15;/h4-10H,1-3H3,(H,20,21);1H/p-1. The number of benzene rings is 2. The zero-order valence-corrected chi connectivity index (χ0v) is 13.5. The molecule has 0 saturated carbocycles. The van der Waals surface area contributed by atoms with E-state index in [2.05, 4.69) is 36.3 Å². The first-order valence-corrected chi connectivity index (χ1v) is 6.94. The van der Waals surface area contributed by atoms with E-state index in [1.54, 1.807) is 12.1 Å². The Hall–Kier alpha value is -2.13. The molecule has 22 heavy (non-hydrogen) atoms. The van der Waals surface area contributed by atoms with Crippen LogP contribution in [0, 0.1) is 26.6 Å². The molecule has 114 valence electrons. The van der Waals surface area contributed by atoms with Gasteiger partial charge in [-0.15, -0.1) is 0 Å². The summed E-state index contributed by atoms with van der Waals surface area (Å²) in [5.74, 6) is -0.233. The summed E-state index contributed by atoms with van der Waals surface area (Å²) in [5, 5.41) is 4.45. The van der Waals surface area contributed by atoms with E-state index in [1.807, 2.05) is 13.0 Å². The second-order valence-electron chi connectivity index (χ2n) is 5.42. The van der Waals surface area contributed by atoms with E-state index >= 15 is 0 Å². The van der Waals surface area contributed by atoms with Crippen LogP contribution < -0.4 is 17.7 Å². The van der Waals surface area contributed by atoms with E-state index in [4.69, 9.17) is 0 Å². The Morgan fingerprint density at radius 2 is 1.64 bits per heavy atom. The zero-order chi connectivity index (χ0) is 15.0. The van der Waals surface area contributed by atoms with Crippen LogP contribution >= 0.6 is 0 Å². The number of nitrogens with zero attached hydrogens (tertiary/aromatic N) is 1. The van der Waals surface area contributed by atoms with Crippen molar-refractivity contribution in [2.45, 2.75) is 20.8 Å². The van der Waals surface area contributed by atoms with E-state index in [1.165, 1.54) is 17.7 Å². The minimum Gasteiger partial charge on any atom is -1.00 e. The molecule has 1 aromatic heterocycles. The third-order valence-corrected chi connectivity index (χ3v) is 3.50. The van der Waals surface area contributed by atoms with E-state index in [-0.39, 0.29) is 18.2 Å². The summed E-state index contributed by atoms with van der Waals surface area (Å²) in [6, 6.07) is 12.7. The van der Waals surface area contributed by atoms with Gasteiger partial charge < -0.3 is 17.7 Å². The van der Waals surface area contributed by atoms with Gasteiger partial charge in [0.1, 0.15) is 5.82 Å². The quantitative estimate of drug-likeness (QED) is 0.783. The number of fused-ring (bicyclic) bond motifs is 1. The van der Waals surface area contributed by atoms with E-state index in [0.29, 0.717) is 0 Å². The predicted octanol–water partition coefficient (Wildman–Crippen LogP) is 2.05. The molecule has 2 nitrogen and oxygen atoms in total. The molecule has 0 radical (unpaired) electrons. The van der Waals surface area contributed by atoms with Crippen molar-refractivity contribution in [3.63, 3.8) is 0 Å². The van der Waals surface area contributed by atoms with E-state index in [9.17, 15) is 4.39 Å². The van der Waals surface area contributed by atoms with Crippen molar-refractivity contribution in [1.82, 2.24) is 4.98 Å². The lowest BCUT2D eigenvalue weighted by Crippen LogP contribution is -3.00. The molecule has 4 heteroatoms. The minimum absolute atomic E-state index is 0. The number of hydrogen-bond donors (Lipinski definition) is 1. The number of pyridine rings is 1. The summed E-state index contributed by atoms with van der Waals surface area (Å²) in [5.41, 5.74) is 6.19. The Bertz CT molecular complexity index is 813. The molecule has 0 unspecified atom stereocenters. The fourth-order valence-corrected chi connectivity index (χ4v) is 2.60. The van der Waals surface area contributed by atoms with Crippen LogP contribution in [0.1, 0.15) is 16.8 Å². The largest absolute Gasteiger partial charge is 1.00 e. The first-order chi connectivity index (χ1) is 10.0. The monoisotopic (exact) mass is 315 g/mol. The Kier molecular flexibility index (Phi) is 4.67. The van der Waals surface area contributed by atoms with Gasteiger partial charge in [0.2, 0.25) is 0 Å². The van der Waals surface area contributed by atoms with E-state index < -0.39 is 0 Å². The van der Waals surface area contributed by atoms with Gasteiger partial charge in [-0.1, -0.05) is 11.6 Å². The molecule has 1 N–H and O–H groups in total. The molecule has 0 atom stereocenters. The molecular formula is C18H17ClFN2-. The second-order valence-corrected chi connectivity index (χ2v) is 5.42. The molecule has 0 aliphatic rings. The van der Waals surface area contributed by atoms with Crippen LogP contribution in [0.15, 0.2) is 42.5 Å². The summed E-state index contributed by atoms with van der Waals surface area (Å²) in [6.07, 6.45) is 0. The number of aryl methyl sites for hydroxylation is 3. The summed E-state index contributed by atoms with van der Waals surface area (Å²) in [6.45, 7) is 6.13. The van der Waals surface area contributed by atoms with Crippen molar-refractivity contribution in [2.24, 2.45) is 0 Å². The van der Waals surface area contributed by atoms with Gasteiger partial charge in [-0.2, -0.15) is 0 Å². The molecule has 0 saturated heterocycles. The Morgan fingerprint density at radius 1 is 0.955 bits per heavy atom. The molecule has 3 rings (SSSR count). The van der Waals surface area contributed by atoms with Gasteiger partial charge in [0.15, 0.2) is 0 Å². The first-order valence-electron chi connectivity index (χ1n) is 6.94. The smallest absolute Gasteiger partial charge is 0.123 e. The highest BCUT2D eigenvalue weighted by Gasteiger charge is 2.08. The van der Waals surface area contributed by atoms with Crippen molar-refractivity contribution < 1.29 is 16.8 Å². The molecule has 0 aliphatic carbocycles. The summed E-state index contributed by atoms with van der Waals surface area (Å²) >= 11 is 0. The molecule has 3 aromatic rings. The maximum atomic E-state index is 13.0. The van der Waals surface area contributed by atoms with Crippen LogP contribution in [0.2, 0.25) is 0 Å².